The molecule has 0 aromatic heterocycles. The number of likely N-dealkylation sites (tertiary alicyclic amines) is 1. The molecule has 1 heterocycles. The summed E-state index contributed by atoms with van der Waals surface area (Å²) in [6.45, 7) is 1.42. The van der Waals surface area contributed by atoms with Crippen LogP contribution in [-0.4, -0.2) is 41.3 Å². The Kier molecular flexibility index (Phi) is 7.50. The molecule has 1 saturated carbocycles. The Morgan fingerprint density at radius 1 is 0.912 bits per heavy atom. The van der Waals surface area contributed by atoms with Gasteiger partial charge in [-0.25, -0.2) is 4.79 Å². The number of nitrogens with two attached hydrogens (primary N) is 1. The molecule has 0 radical (unpaired) electrons. The van der Waals surface area contributed by atoms with E-state index in [4.69, 9.17) is 11.1 Å². The van der Waals surface area contributed by atoms with E-state index in [1.807, 2.05) is 35.2 Å². The number of hydrogen-bond donors (Lipinski definition) is 4. The molecule has 2 aromatic carbocycles. The van der Waals surface area contributed by atoms with Crippen molar-refractivity contribution in [1.29, 1.82) is 5.41 Å². The van der Waals surface area contributed by atoms with Gasteiger partial charge in [0, 0.05) is 35.4 Å². The smallest absolute Gasteiger partial charge is 0.319 e. The van der Waals surface area contributed by atoms with E-state index >= 15 is 0 Å². The van der Waals surface area contributed by atoms with E-state index < -0.39 is 0 Å². The minimum Gasteiger partial charge on any atom is -0.384 e. The molecule has 1 saturated heterocycles. The number of nitrogens with one attached hydrogen (secondary N) is 3. The largest absolute Gasteiger partial charge is 0.384 e. The molecule has 4 rings (SSSR count). The van der Waals surface area contributed by atoms with Gasteiger partial charge in [-0.2, -0.15) is 0 Å². The minimum atomic E-state index is -0.263. The molecular formula is C27H35N5O2. The maximum Gasteiger partial charge on any atom is 0.319 e. The third-order valence-electron chi connectivity index (χ3n) is 7.37. The van der Waals surface area contributed by atoms with Crippen molar-refractivity contribution >= 4 is 23.5 Å². The summed E-state index contributed by atoms with van der Waals surface area (Å²) in [5.41, 5.74) is 7.27. The van der Waals surface area contributed by atoms with Crippen molar-refractivity contribution in [3.8, 4) is 0 Å². The summed E-state index contributed by atoms with van der Waals surface area (Å²) in [5.74, 6) is 0.394. The first kappa shape index (κ1) is 23.8. The minimum absolute atomic E-state index is 0.0268. The van der Waals surface area contributed by atoms with Gasteiger partial charge in [0.15, 0.2) is 0 Å². The maximum absolute atomic E-state index is 13.1. The molecule has 1 aliphatic carbocycles. The van der Waals surface area contributed by atoms with Gasteiger partial charge in [0.2, 0.25) is 0 Å². The molecule has 0 atom stereocenters. The van der Waals surface area contributed by atoms with Crippen molar-refractivity contribution < 1.29 is 9.59 Å². The second kappa shape index (κ2) is 10.7. The zero-order chi connectivity index (χ0) is 24.0. The lowest BCUT2D eigenvalue weighted by atomic mass is 9.73. The number of urea groups is 1. The van der Waals surface area contributed by atoms with Gasteiger partial charge in [-0.1, -0.05) is 56.0 Å². The third kappa shape index (κ3) is 5.58. The fourth-order valence-electron chi connectivity index (χ4n) is 5.55. The number of carbonyl (C=O) groups excluding carboxylic acids is 2. The van der Waals surface area contributed by atoms with Gasteiger partial charge in [0.05, 0.1) is 0 Å². The van der Waals surface area contributed by atoms with Gasteiger partial charge in [-0.3, -0.25) is 10.2 Å². The molecule has 2 fully saturated rings. The van der Waals surface area contributed by atoms with Crippen LogP contribution in [0.25, 0.3) is 0 Å². The van der Waals surface area contributed by atoms with Crippen molar-refractivity contribution in [1.82, 2.24) is 10.2 Å². The molecule has 5 N–H and O–H groups in total. The Labute approximate surface area is 201 Å². The third-order valence-corrected chi connectivity index (χ3v) is 7.37. The van der Waals surface area contributed by atoms with Crippen LogP contribution in [0.1, 0.15) is 67.3 Å². The second-order valence-electron chi connectivity index (χ2n) is 9.58. The highest BCUT2D eigenvalue weighted by Crippen LogP contribution is 2.39. The van der Waals surface area contributed by atoms with Crippen molar-refractivity contribution in [3.05, 3.63) is 65.7 Å². The summed E-state index contributed by atoms with van der Waals surface area (Å²) in [4.78, 5) is 28.0. The number of amides is 3. The topological polar surface area (TPSA) is 111 Å². The number of rotatable bonds is 5. The zero-order valence-corrected chi connectivity index (χ0v) is 19.7. The molecule has 3 amide bonds. The highest BCUT2D eigenvalue weighted by atomic mass is 16.2. The van der Waals surface area contributed by atoms with E-state index in [0.29, 0.717) is 30.3 Å². The highest BCUT2D eigenvalue weighted by Gasteiger charge is 2.42. The summed E-state index contributed by atoms with van der Waals surface area (Å²) in [6.07, 6.45) is 8.29. The van der Waals surface area contributed by atoms with Gasteiger partial charge in [0.25, 0.3) is 5.91 Å². The van der Waals surface area contributed by atoms with Crippen molar-refractivity contribution in [3.63, 3.8) is 0 Å². The van der Waals surface area contributed by atoms with Gasteiger partial charge in [-0.15, -0.1) is 0 Å². The number of carbonyl (C=O) groups is 2. The number of nitrogens with zero attached hydrogens (tertiary/aromatic N) is 1. The monoisotopic (exact) mass is 461 g/mol. The maximum atomic E-state index is 13.1. The van der Waals surface area contributed by atoms with E-state index in [1.165, 1.54) is 12.8 Å². The summed E-state index contributed by atoms with van der Waals surface area (Å²) < 4.78 is 0. The molecule has 7 heteroatoms. The quantitative estimate of drug-likeness (QED) is 0.293. The molecule has 0 unspecified atom stereocenters. The van der Waals surface area contributed by atoms with Crippen LogP contribution in [0.3, 0.4) is 0 Å². The number of piperidine rings is 1. The molecular weight excluding hydrogens is 426 g/mol. The lowest BCUT2D eigenvalue weighted by molar-refractivity contribution is 0.0594. The summed E-state index contributed by atoms with van der Waals surface area (Å²) in [7, 11) is 0. The molecule has 180 valence electrons. The lowest BCUT2D eigenvalue weighted by Crippen LogP contribution is -2.57. The van der Waals surface area contributed by atoms with Crippen molar-refractivity contribution in [2.45, 2.75) is 56.9 Å². The van der Waals surface area contributed by atoms with E-state index in [9.17, 15) is 9.59 Å². The Balaban J connectivity index is 1.44. The number of amidine groups is 1. The van der Waals surface area contributed by atoms with E-state index in [2.05, 4.69) is 10.6 Å². The van der Waals surface area contributed by atoms with Crippen LogP contribution in [0.4, 0.5) is 10.5 Å². The fourth-order valence-corrected chi connectivity index (χ4v) is 5.55. The SMILES string of the molecule is N=C(N)c1cccc(NC(=O)NC2(C3CCN(C(=O)c4ccccc4)CC3)CCCCCC2)c1. The Morgan fingerprint density at radius 3 is 2.21 bits per heavy atom. The average Bonchev–Trinajstić information content (AvgIpc) is 3.10. The predicted octanol–water partition coefficient (Wildman–Crippen LogP) is 4.74. The van der Waals surface area contributed by atoms with Gasteiger partial charge in [-0.05, 0) is 55.9 Å². The zero-order valence-electron chi connectivity index (χ0n) is 19.7. The van der Waals surface area contributed by atoms with Crippen LogP contribution in [0.5, 0.6) is 0 Å². The number of hydrogen-bond acceptors (Lipinski definition) is 3. The predicted molar refractivity (Wildman–Crippen MR) is 135 cm³/mol. The Morgan fingerprint density at radius 2 is 1.56 bits per heavy atom. The van der Waals surface area contributed by atoms with E-state index in [0.717, 1.165) is 44.1 Å². The van der Waals surface area contributed by atoms with Crippen LogP contribution < -0.4 is 16.4 Å². The number of anilines is 1. The van der Waals surface area contributed by atoms with Crippen LogP contribution in [0.2, 0.25) is 0 Å². The summed E-state index contributed by atoms with van der Waals surface area (Å²) in [5, 5.41) is 14.0. The first-order valence-corrected chi connectivity index (χ1v) is 12.3. The average molecular weight is 462 g/mol. The standard InChI is InChI=1S/C27H35N5O2/c28-24(29)21-11-8-12-23(19-21)30-26(34)31-27(15-6-1-2-7-16-27)22-13-17-32(18-14-22)25(33)20-9-4-3-5-10-20/h3-5,8-12,19,22H,1-2,6-7,13-18H2,(H3,28,29)(H2,30,31,34). The number of nitrogen functional groups attached to an aromatic ring is 1. The molecule has 2 aliphatic rings. The van der Waals surface area contributed by atoms with Gasteiger partial charge in [0.1, 0.15) is 5.84 Å². The van der Waals surface area contributed by atoms with Crippen LogP contribution >= 0.6 is 0 Å². The summed E-state index contributed by atoms with van der Waals surface area (Å²) >= 11 is 0. The van der Waals surface area contributed by atoms with Gasteiger partial charge < -0.3 is 21.3 Å². The molecule has 0 spiro atoms. The molecule has 2 aromatic rings. The molecule has 0 bridgehead atoms. The van der Waals surface area contributed by atoms with Gasteiger partial charge >= 0.3 is 6.03 Å². The van der Waals surface area contributed by atoms with Crippen molar-refractivity contribution in [2.24, 2.45) is 11.7 Å². The molecule has 1 aliphatic heterocycles. The normalized spacial score (nSPS) is 18.5. The summed E-state index contributed by atoms with van der Waals surface area (Å²) in [6, 6.07) is 16.3. The van der Waals surface area contributed by atoms with E-state index in [-0.39, 0.29) is 23.3 Å². The highest BCUT2D eigenvalue weighted by molar-refractivity contribution is 5.97. The number of benzene rings is 2. The van der Waals surface area contributed by atoms with Crippen LogP contribution in [0.15, 0.2) is 54.6 Å². The molecule has 34 heavy (non-hydrogen) atoms. The second-order valence-corrected chi connectivity index (χ2v) is 9.58. The van der Waals surface area contributed by atoms with Crippen LogP contribution in [-0.2, 0) is 0 Å². The van der Waals surface area contributed by atoms with E-state index in [1.54, 1.807) is 24.3 Å². The first-order chi connectivity index (χ1) is 16.5. The van der Waals surface area contributed by atoms with Crippen molar-refractivity contribution in [2.75, 3.05) is 18.4 Å². The molecule has 7 nitrogen and oxygen atoms in total. The van der Waals surface area contributed by atoms with Crippen LogP contribution in [0, 0.1) is 11.3 Å². The Hall–Kier alpha value is -3.35. The fraction of sp³-hybridized carbons (Fsp3) is 0.444. The first-order valence-electron chi connectivity index (χ1n) is 12.3. The Bertz CT molecular complexity index is 1010. The lowest BCUT2D eigenvalue weighted by Gasteiger charge is -2.45.